The van der Waals surface area contributed by atoms with Crippen molar-refractivity contribution in [2.75, 3.05) is 0 Å². The molecule has 0 fully saturated rings. The van der Waals surface area contributed by atoms with Crippen molar-refractivity contribution in [1.29, 1.82) is 0 Å². The van der Waals surface area contributed by atoms with Crippen LogP contribution in [0.5, 0.6) is 0 Å². The van der Waals surface area contributed by atoms with Gasteiger partial charge < -0.3 is 5.11 Å². The highest BCUT2D eigenvalue weighted by atomic mass is 16.4. The molecule has 1 atom stereocenters. The van der Waals surface area contributed by atoms with E-state index < -0.39 is 5.97 Å². The van der Waals surface area contributed by atoms with E-state index in [0.29, 0.717) is 0 Å². The summed E-state index contributed by atoms with van der Waals surface area (Å²) in [6.07, 6.45) is 1.20. The molecule has 1 unspecified atom stereocenters. The Labute approximate surface area is 104 Å². The monoisotopic (exact) mass is 234 g/mol. The molecule has 0 spiro atoms. The molecule has 1 N–H and O–H groups in total. The molecule has 0 saturated heterocycles. The van der Waals surface area contributed by atoms with Gasteiger partial charge in [-0.3, -0.25) is 4.79 Å². The van der Waals surface area contributed by atoms with E-state index >= 15 is 0 Å². The summed E-state index contributed by atoms with van der Waals surface area (Å²) in [7, 11) is 0. The number of carboxylic acid groups (broad SMARTS) is 1. The molecule has 94 valence electrons. The molecule has 0 amide bonds. The molecule has 0 radical (unpaired) electrons. The van der Waals surface area contributed by atoms with Crippen LogP contribution in [-0.2, 0) is 11.2 Å². The van der Waals surface area contributed by atoms with E-state index in [1.807, 2.05) is 0 Å². The molecule has 1 aromatic carbocycles. The lowest BCUT2D eigenvalue weighted by Gasteiger charge is -2.30. The molecule has 1 aromatic rings. The molecule has 0 aliphatic rings. The molecule has 0 heterocycles. The van der Waals surface area contributed by atoms with Crippen LogP contribution in [0, 0.1) is 5.41 Å². The maximum absolute atomic E-state index is 11.0. The van der Waals surface area contributed by atoms with Crippen molar-refractivity contribution in [1.82, 2.24) is 0 Å². The van der Waals surface area contributed by atoms with Gasteiger partial charge in [-0.25, -0.2) is 0 Å². The third kappa shape index (κ3) is 3.88. The number of hydrogen-bond acceptors (Lipinski definition) is 1. The van der Waals surface area contributed by atoms with Gasteiger partial charge in [-0.15, -0.1) is 0 Å². The first-order chi connectivity index (χ1) is 7.84. The molecule has 0 bridgehead atoms. The van der Waals surface area contributed by atoms with Crippen molar-refractivity contribution in [2.45, 2.75) is 46.5 Å². The van der Waals surface area contributed by atoms with E-state index in [9.17, 15) is 4.79 Å². The maximum atomic E-state index is 11.0. The Morgan fingerprint density at radius 1 is 1.24 bits per heavy atom. The first-order valence-electron chi connectivity index (χ1n) is 6.15. The highest BCUT2D eigenvalue weighted by Crippen LogP contribution is 2.37. The largest absolute Gasteiger partial charge is 0.481 e. The minimum Gasteiger partial charge on any atom is -0.481 e. The lowest BCUT2D eigenvalue weighted by Crippen LogP contribution is -2.21. The second-order valence-electron chi connectivity index (χ2n) is 5.61. The van der Waals surface area contributed by atoms with Crippen molar-refractivity contribution in [3.63, 3.8) is 0 Å². The lowest BCUT2D eigenvalue weighted by molar-refractivity contribution is -0.138. The fourth-order valence-electron chi connectivity index (χ4n) is 2.08. The smallest absolute Gasteiger partial charge is 0.303 e. The number of carboxylic acids is 1. The zero-order chi connectivity index (χ0) is 13.1. The van der Waals surface area contributed by atoms with Crippen molar-refractivity contribution in [2.24, 2.45) is 5.41 Å². The van der Waals surface area contributed by atoms with Gasteiger partial charge >= 0.3 is 5.97 Å². The van der Waals surface area contributed by atoms with E-state index in [-0.39, 0.29) is 17.8 Å². The maximum Gasteiger partial charge on any atom is 0.303 e. The zero-order valence-electron chi connectivity index (χ0n) is 11.2. The minimum absolute atomic E-state index is 0.0356. The summed E-state index contributed by atoms with van der Waals surface area (Å²) >= 11 is 0. The molecule has 0 saturated carbocycles. The number of hydrogen-bond donors (Lipinski definition) is 1. The summed E-state index contributed by atoms with van der Waals surface area (Å²) in [6, 6.07) is 8.32. The Morgan fingerprint density at radius 3 is 2.12 bits per heavy atom. The number of rotatable bonds is 4. The Kier molecular flexibility index (Phi) is 4.33. The van der Waals surface area contributed by atoms with Gasteiger partial charge in [0.05, 0.1) is 6.42 Å². The third-order valence-corrected chi connectivity index (χ3v) is 3.21. The summed E-state index contributed by atoms with van der Waals surface area (Å²) in [6.45, 7) is 8.39. The van der Waals surface area contributed by atoms with Gasteiger partial charge in [-0.1, -0.05) is 52.0 Å². The molecular formula is C15H22O2. The molecule has 0 aromatic heterocycles. The zero-order valence-corrected chi connectivity index (χ0v) is 11.2. The standard InChI is InChI=1S/C15H22O2/c1-5-11-6-8-12(9-7-11)13(10-14(16)17)15(2,3)4/h6-9,13H,5,10H2,1-4H3,(H,16,17). The van der Waals surface area contributed by atoms with E-state index in [4.69, 9.17) is 5.11 Å². The third-order valence-electron chi connectivity index (χ3n) is 3.21. The highest BCUT2D eigenvalue weighted by molar-refractivity contribution is 5.68. The SMILES string of the molecule is CCc1ccc(C(CC(=O)O)C(C)(C)C)cc1. The summed E-state index contributed by atoms with van der Waals surface area (Å²) in [5.74, 6) is -0.671. The average Bonchev–Trinajstić information content (AvgIpc) is 2.24. The van der Waals surface area contributed by atoms with E-state index in [0.717, 1.165) is 12.0 Å². The van der Waals surface area contributed by atoms with Crippen molar-refractivity contribution in [3.05, 3.63) is 35.4 Å². The van der Waals surface area contributed by atoms with Crippen LogP contribution in [0.4, 0.5) is 0 Å². The number of aryl methyl sites for hydroxylation is 1. The fourth-order valence-corrected chi connectivity index (χ4v) is 2.08. The number of benzene rings is 1. The Balaban J connectivity index is 3.00. The van der Waals surface area contributed by atoms with Crippen LogP contribution in [0.3, 0.4) is 0 Å². The minimum atomic E-state index is -0.732. The number of aliphatic carboxylic acids is 1. The number of carbonyl (C=O) groups is 1. The first kappa shape index (κ1) is 13.8. The molecule has 17 heavy (non-hydrogen) atoms. The Hall–Kier alpha value is -1.31. The second-order valence-corrected chi connectivity index (χ2v) is 5.61. The highest BCUT2D eigenvalue weighted by Gasteiger charge is 2.28. The molecule has 2 heteroatoms. The van der Waals surface area contributed by atoms with Crippen LogP contribution >= 0.6 is 0 Å². The van der Waals surface area contributed by atoms with E-state index in [1.165, 1.54) is 5.56 Å². The van der Waals surface area contributed by atoms with Gasteiger partial charge in [-0.05, 0) is 28.9 Å². The topological polar surface area (TPSA) is 37.3 Å². The normalized spacial score (nSPS) is 13.4. The van der Waals surface area contributed by atoms with Gasteiger partial charge in [0.2, 0.25) is 0 Å². The van der Waals surface area contributed by atoms with Gasteiger partial charge in [0.25, 0.3) is 0 Å². The first-order valence-corrected chi connectivity index (χ1v) is 6.15. The van der Waals surface area contributed by atoms with Crippen molar-refractivity contribution in [3.8, 4) is 0 Å². The quantitative estimate of drug-likeness (QED) is 0.859. The average molecular weight is 234 g/mol. The van der Waals surface area contributed by atoms with Gasteiger partial charge in [-0.2, -0.15) is 0 Å². The van der Waals surface area contributed by atoms with Crippen LogP contribution in [-0.4, -0.2) is 11.1 Å². The Bertz CT molecular complexity index is 371. The predicted octanol–water partition coefficient (Wildman–Crippen LogP) is 3.85. The van der Waals surface area contributed by atoms with Crippen LogP contribution < -0.4 is 0 Å². The second kappa shape index (κ2) is 5.35. The molecular weight excluding hydrogens is 212 g/mol. The fraction of sp³-hybridized carbons (Fsp3) is 0.533. The van der Waals surface area contributed by atoms with E-state index in [1.54, 1.807) is 0 Å². The molecule has 2 nitrogen and oxygen atoms in total. The van der Waals surface area contributed by atoms with E-state index in [2.05, 4.69) is 52.0 Å². The summed E-state index contributed by atoms with van der Waals surface area (Å²) in [4.78, 5) is 11.0. The van der Waals surface area contributed by atoms with Gasteiger partial charge in [0.15, 0.2) is 0 Å². The van der Waals surface area contributed by atoms with Gasteiger partial charge in [0, 0.05) is 0 Å². The van der Waals surface area contributed by atoms with Crippen LogP contribution in [0.15, 0.2) is 24.3 Å². The lowest BCUT2D eigenvalue weighted by atomic mass is 9.74. The van der Waals surface area contributed by atoms with Crippen LogP contribution in [0.2, 0.25) is 0 Å². The molecule has 1 rings (SSSR count). The van der Waals surface area contributed by atoms with Crippen LogP contribution in [0.25, 0.3) is 0 Å². The van der Waals surface area contributed by atoms with Crippen molar-refractivity contribution >= 4 is 5.97 Å². The molecule has 0 aliphatic carbocycles. The molecule has 0 aliphatic heterocycles. The van der Waals surface area contributed by atoms with Gasteiger partial charge in [0.1, 0.15) is 0 Å². The summed E-state index contributed by atoms with van der Waals surface area (Å²) in [5.41, 5.74) is 2.38. The van der Waals surface area contributed by atoms with Crippen molar-refractivity contribution < 1.29 is 9.90 Å². The van der Waals surface area contributed by atoms with Crippen LogP contribution in [0.1, 0.15) is 51.2 Å². The predicted molar refractivity (Wildman–Crippen MR) is 70.3 cm³/mol. The summed E-state index contributed by atoms with van der Waals surface area (Å²) < 4.78 is 0. The summed E-state index contributed by atoms with van der Waals surface area (Å²) in [5, 5.41) is 9.01. The Morgan fingerprint density at radius 2 is 1.76 bits per heavy atom.